The van der Waals surface area contributed by atoms with Gasteiger partial charge in [-0.1, -0.05) is 319 Å². The first-order valence-electron chi connectivity index (χ1n) is 34.8. The Kier molecular flexibility index (Phi) is 65.1. The van der Waals surface area contributed by atoms with Crippen LogP contribution in [0.5, 0.6) is 0 Å². The Labute approximate surface area is 491 Å². The molecule has 6 nitrogen and oxygen atoms in total. The van der Waals surface area contributed by atoms with E-state index >= 15 is 0 Å². The number of hydrogen-bond acceptors (Lipinski definition) is 6. The fourth-order valence-corrected chi connectivity index (χ4v) is 10.2. The summed E-state index contributed by atoms with van der Waals surface area (Å²) in [7, 11) is 0. The summed E-state index contributed by atoms with van der Waals surface area (Å²) in [6.45, 7) is 6.65. The Balaban J connectivity index is 4.29. The molecule has 0 spiro atoms. The molecule has 0 N–H and O–H groups in total. The first-order valence-corrected chi connectivity index (χ1v) is 34.8. The fourth-order valence-electron chi connectivity index (χ4n) is 10.2. The van der Waals surface area contributed by atoms with E-state index in [0.717, 1.165) is 89.9 Å². The van der Waals surface area contributed by atoms with Crippen LogP contribution >= 0.6 is 0 Å². The summed E-state index contributed by atoms with van der Waals surface area (Å²) in [6, 6.07) is 0. The number of carbonyl (C=O) groups is 3. The van der Waals surface area contributed by atoms with Gasteiger partial charge >= 0.3 is 17.9 Å². The molecular formula is C73H132O6. The first kappa shape index (κ1) is 76.1. The second kappa shape index (κ2) is 67.6. The maximum Gasteiger partial charge on any atom is 0.306 e. The summed E-state index contributed by atoms with van der Waals surface area (Å²) in [4.78, 5) is 38.4. The molecule has 0 aromatic heterocycles. The van der Waals surface area contributed by atoms with Gasteiger partial charge in [-0.25, -0.2) is 0 Å². The molecule has 0 saturated heterocycles. The maximum atomic E-state index is 12.9. The number of hydrogen-bond donors (Lipinski definition) is 0. The quantitative estimate of drug-likeness (QED) is 0.0261. The van der Waals surface area contributed by atoms with Crippen molar-refractivity contribution >= 4 is 17.9 Å². The predicted octanol–water partition coefficient (Wildman–Crippen LogP) is 23.9. The Morgan fingerprint density at radius 2 is 0.456 bits per heavy atom. The Bertz CT molecular complexity index is 1410. The van der Waals surface area contributed by atoms with Crippen molar-refractivity contribution in [1.29, 1.82) is 0 Å². The number of ether oxygens (including phenoxy) is 3. The van der Waals surface area contributed by atoms with Gasteiger partial charge in [-0.15, -0.1) is 0 Å². The van der Waals surface area contributed by atoms with Crippen molar-refractivity contribution in [3.05, 3.63) is 60.8 Å². The van der Waals surface area contributed by atoms with Crippen molar-refractivity contribution < 1.29 is 28.6 Å². The number of rotatable bonds is 64. The summed E-state index contributed by atoms with van der Waals surface area (Å²) in [5.41, 5.74) is 0. The highest BCUT2D eigenvalue weighted by molar-refractivity contribution is 5.71. The van der Waals surface area contributed by atoms with Crippen LogP contribution < -0.4 is 0 Å². The van der Waals surface area contributed by atoms with Crippen molar-refractivity contribution in [2.24, 2.45) is 0 Å². The van der Waals surface area contributed by atoms with E-state index in [0.29, 0.717) is 19.3 Å². The van der Waals surface area contributed by atoms with E-state index in [-0.39, 0.29) is 31.1 Å². The zero-order valence-corrected chi connectivity index (χ0v) is 52.9. The zero-order valence-electron chi connectivity index (χ0n) is 52.9. The van der Waals surface area contributed by atoms with Crippen LogP contribution in [0, 0.1) is 0 Å². The predicted molar refractivity (Wildman–Crippen MR) is 344 cm³/mol. The molecule has 0 aliphatic carbocycles. The SMILES string of the molecule is CCCCC/C=C\C/C=C\CCCCCCCC(=O)OCC(COC(=O)CCCCCCCCCCCCCC/C=C\C/C=C\C/C=C\CCCCCCC)OC(=O)CCCCCCCCCCCCCCCCCCCCC. The van der Waals surface area contributed by atoms with Crippen molar-refractivity contribution in [2.75, 3.05) is 13.2 Å². The molecule has 1 unspecified atom stereocenters. The molecule has 1 atom stereocenters. The highest BCUT2D eigenvalue weighted by atomic mass is 16.6. The minimum Gasteiger partial charge on any atom is -0.462 e. The lowest BCUT2D eigenvalue weighted by Gasteiger charge is -2.18. The number of unbranched alkanes of at least 4 members (excludes halogenated alkanes) is 43. The van der Waals surface area contributed by atoms with E-state index < -0.39 is 6.10 Å². The number of carbonyl (C=O) groups excluding carboxylic acids is 3. The van der Waals surface area contributed by atoms with Gasteiger partial charge in [0.15, 0.2) is 6.10 Å². The van der Waals surface area contributed by atoms with E-state index in [4.69, 9.17) is 14.2 Å². The average molecular weight is 1110 g/mol. The van der Waals surface area contributed by atoms with Crippen LogP contribution in [0.2, 0.25) is 0 Å². The highest BCUT2D eigenvalue weighted by Crippen LogP contribution is 2.18. The molecule has 0 aromatic rings. The highest BCUT2D eigenvalue weighted by Gasteiger charge is 2.19. The minimum absolute atomic E-state index is 0.0760. The van der Waals surface area contributed by atoms with E-state index in [9.17, 15) is 14.4 Å². The van der Waals surface area contributed by atoms with Gasteiger partial charge in [-0.3, -0.25) is 14.4 Å². The van der Waals surface area contributed by atoms with Gasteiger partial charge < -0.3 is 14.2 Å². The second-order valence-corrected chi connectivity index (χ2v) is 23.4. The van der Waals surface area contributed by atoms with E-state index in [1.54, 1.807) is 0 Å². The van der Waals surface area contributed by atoms with Crippen LogP contribution in [0.4, 0.5) is 0 Å². The molecule has 0 heterocycles. The molecule has 6 heteroatoms. The number of esters is 3. The first-order chi connectivity index (χ1) is 39.0. The van der Waals surface area contributed by atoms with Gasteiger partial charge in [0.05, 0.1) is 0 Å². The molecule has 0 amide bonds. The third-order valence-corrected chi connectivity index (χ3v) is 15.5. The zero-order chi connectivity index (χ0) is 57.1. The number of allylic oxidation sites excluding steroid dienone is 10. The minimum atomic E-state index is -0.780. The van der Waals surface area contributed by atoms with E-state index in [1.165, 1.54) is 238 Å². The standard InChI is InChI=1S/C73H132O6/c1-4-7-10-13-16-19-22-25-28-30-32-33-34-35-36-37-38-39-41-42-45-48-51-54-57-60-63-66-72(75)78-69-70(68-77-71(74)65-62-59-56-53-50-47-44-27-24-21-18-15-12-9-6-3)79-73(76)67-64-61-58-55-52-49-46-43-40-31-29-26-23-20-17-14-11-8-5-2/h18,21-22,25,27,30,32,34-35,44,70H,4-17,19-20,23-24,26,28-29,31,33,36-43,45-69H2,1-3H3/b21-18-,25-22-,32-30-,35-34-,44-27-. The fraction of sp³-hybridized carbons (Fsp3) is 0.822. The van der Waals surface area contributed by atoms with Gasteiger partial charge in [0.25, 0.3) is 0 Å². The van der Waals surface area contributed by atoms with E-state index in [2.05, 4.69) is 81.5 Å². The smallest absolute Gasteiger partial charge is 0.306 e. The molecule has 0 bridgehead atoms. The van der Waals surface area contributed by atoms with Crippen molar-refractivity contribution in [2.45, 2.75) is 374 Å². The lowest BCUT2D eigenvalue weighted by atomic mass is 10.0. The van der Waals surface area contributed by atoms with Gasteiger partial charge in [0.1, 0.15) is 13.2 Å². The van der Waals surface area contributed by atoms with Gasteiger partial charge in [0.2, 0.25) is 0 Å². The Morgan fingerprint density at radius 3 is 0.734 bits per heavy atom. The van der Waals surface area contributed by atoms with Crippen LogP contribution in [0.3, 0.4) is 0 Å². The summed E-state index contributed by atoms with van der Waals surface area (Å²) in [5.74, 6) is -0.868. The molecule has 0 radical (unpaired) electrons. The lowest BCUT2D eigenvalue weighted by Crippen LogP contribution is -2.30. The molecule has 460 valence electrons. The van der Waals surface area contributed by atoms with Crippen LogP contribution in [0.25, 0.3) is 0 Å². The topological polar surface area (TPSA) is 78.9 Å². The van der Waals surface area contributed by atoms with Crippen LogP contribution in [-0.2, 0) is 28.6 Å². The summed E-state index contributed by atoms with van der Waals surface area (Å²) >= 11 is 0. The summed E-state index contributed by atoms with van der Waals surface area (Å²) < 4.78 is 17.0. The second-order valence-electron chi connectivity index (χ2n) is 23.4. The Hall–Kier alpha value is -2.89. The molecule has 0 fully saturated rings. The van der Waals surface area contributed by atoms with E-state index in [1.807, 2.05) is 0 Å². The monoisotopic (exact) mass is 1110 g/mol. The van der Waals surface area contributed by atoms with Crippen LogP contribution in [0.15, 0.2) is 60.8 Å². The van der Waals surface area contributed by atoms with Gasteiger partial charge in [-0.05, 0) is 89.9 Å². The summed E-state index contributed by atoms with van der Waals surface area (Å²) in [5, 5.41) is 0. The third-order valence-electron chi connectivity index (χ3n) is 15.5. The molecule has 0 saturated carbocycles. The molecule has 0 rings (SSSR count). The molecule has 0 aliphatic heterocycles. The molecular weight excluding hydrogens is 973 g/mol. The summed E-state index contributed by atoms with van der Waals surface area (Å²) in [6.07, 6.45) is 86.7. The average Bonchev–Trinajstić information content (AvgIpc) is 3.45. The molecule has 0 aliphatic rings. The third kappa shape index (κ3) is 65.8. The van der Waals surface area contributed by atoms with Gasteiger partial charge in [0, 0.05) is 19.3 Å². The maximum absolute atomic E-state index is 12.9. The molecule has 0 aromatic carbocycles. The van der Waals surface area contributed by atoms with Gasteiger partial charge in [-0.2, -0.15) is 0 Å². The largest absolute Gasteiger partial charge is 0.462 e. The van der Waals surface area contributed by atoms with Crippen LogP contribution in [-0.4, -0.2) is 37.2 Å². The Morgan fingerprint density at radius 1 is 0.253 bits per heavy atom. The van der Waals surface area contributed by atoms with Crippen LogP contribution in [0.1, 0.15) is 367 Å². The molecule has 79 heavy (non-hydrogen) atoms. The normalized spacial score (nSPS) is 12.4. The van der Waals surface area contributed by atoms with Crippen molar-refractivity contribution in [1.82, 2.24) is 0 Å². The lowest BCUT2D eigenvalue weighted by molar-refractivity contribution is -0.167. The van der Waals surface area contributed by atoms with Crippen molar-refractivity contribution in [3.8, 4) is 0 Å². The van der Waals surface area contributed by atoms with Crippen molar-refractivity contribution in [3.63, 3.8) is 0 Å².